The van der Waals surface area contributed by atoms with Gasteiger partial charge >= 0.3 is 0 Å². The van der Waals surface area contributed by atoms with Crippen molar-refractivity contribution in [2.24, 2.45) is 0 Å². The maximum atomic E-state index is 9.04. The van der Waals surface area contributed by atoms with Crippen LogP contribution < -0.4 is 4.74 Å². The first-order valence-corrected chi connectivity index (χ1v) is 5.73. The Hall–Kier alpha value is -1.24. The fourth-order valence-corrected chi connectivity index (χ4v) is 1.65. The Bertz CT molecular complexity index is 438. The third kappa shape index (κ3) is 3.36. The largest absolute Gasteiger partial charge is 0.495 e. The molecule has 1 aromatic rings. The molecule has 0 aliphatic heterocycles. The molecule has 3 nitrogen and oxygen atoms in total. The normalized spacial score (nSPS) is 11.4. The minimum atomic E-state index is -0.494. The molecule has 0 amide bonds. The van der Waals surface area contributed by atoms with Crippen LogP contribution in [0.1, 0.15) is 19.4 Å². The summed E-state index contributed by atoms with van der Waals surface area (Å²) in [7, 11) is 3.51. The van der Waals surface area contributed by atoms with Crippen LogP contribution in [-0.4, -0.2) is 24.6 Å². The van der Waals surface area contributed by atoms with Crippen LogP contribution in [0.5, 0.6) is 5.75 Å². The molecule has 4 heteroatoms. The van der Waals surface area contributed by atoms with Crippen molar-refractivity contribution in [1.29, 1.82) is 5.26 Å². The average Bonchev–Trinajstić information content (AvgIpc) is 2.29. The number of nitrogens with zero attached hydrogens (tertiary/aromatic N) is 2. The van der Waals surface area contributed by atoms with Crippen LogP contribution in [0.25, 0.3) is 0 Å². The Labute approximate surface area is 108 Å². The summed E-state index contributed by atoms with van der Waals surface area (Å²) in [5.74, 6) is 0.664. The lowest BCUT2D eigenvalue weighted by molar-refractivity contribution is 0.203. The highest BCUT2D eigenvalue weighted by Crippen LogP contribution is 2.26. The lowest BCUT2D eigenvalue weighted by Gasteiger charge is -2.29. The summed E-state index contributed by atoms with van der Waals surface area (Å²) in [5.41, 5.74) is 0.563. The van der Waals surface area contributed by atoms with E-state index in [9.17, 15) is 0 Å². The van der Waals surface area contributed by atoms with Gasteiger partial charge in [0, 0.05) is 6.54 Å². The van der Waals surface area contributed by atoms with Gasteiger partial charge in [0.15, 0.2) is 0 Å². The lowest BCUT2D eigenvalue weighted by atomic mass is 10.0. The predicted octanol–water partition coefficient (Wildman–Crippen LogP) is 3.08. The van der Waals surface area contributed by atoms with Crippen LogP contribution in [-0.2, 0) is 6.54 Å². The number of rotatable bonds is 4. The number of ether oxygens (including phenoxy) is 1. The van der Waals surface area contributed by atoms with E-state index in [-0.39, 0.29) is 0 Å². The van der Waals surface area contributed by atoms with Gasteiger partial charge in [0.1, 0.15) is 11.3 Å². The van der Waals surface area contributed by atoms with Gasteiger partial charge in [-0.25, -0.2) is 0 Å². The van der Waals surface area contributed by atoms with E-state index in [0.717, 1.165) is 5.56 Å². The smallest absolute Gasteiger partial charge is 0.137 e. The highest BCUT2D eigenvalue weighted by atomic mass is 35.5. The van der Waals surface area contributed by atoms with Crippen LogP contribution in [0.15, 0.2) is 18.2 Å². The van der Waals surface area contributed by atoms with Crippen LogP contribution >= 0.6 is 11.6 Å². The number of benzene rings is 1. The van der Waals surface area contributed by atoms with E-state index in [1.807, 2.05) is 44.0 Å². The quantitative estimate of drug-likeness (QED) is 0.826. The van der Waals surface area contributed by atoms with Crippen molar-refractivity contribution in [3.8, 4) is 11.8 Å². The Morgan fingerprint density at radius 3 is 2.59 bits per heavy atom. The zero-order chi connectivity index (χ0) is 13.1. The summed E-state index contributed by atoms with van der Waals surface area (Å²) in [4.78, 5) is 1.98. The van der Waals surface area contributed by atoms with E-state index >= 15 is 0 Å². The van der Waals surface area contributed by atoms with Gasteiger partial charge in [-0.05, 0) is 38.6 Å². The molecule has 92 valence electrons. The second kappa shape index (κ2) is 5.39. The Balaban J connectivity index is 2.84. The van der Waals surface area contributed by atoms with Gasteiger partial charge < -0.3 is 4.74 Å². The molecule has 0 radical (unpaired) electrons. The van der Waals surface area contributed by atoms with E-state index in [0.29, 0.717) is 17.3 Å². The summed E-state index contributed by atoms with van der Waals surface area (Å²) in [6.45, 7) is 4.44. The first-order valence-electron chi connectivity index (χ1n) is 5.35. The molecule has 0 atom stereocenters. The van der Waals surface area contributed by atoms with Crippen molar-refractivity contribution >= 4 is 11.6 Å². The number of halogens is 1. The summed E-state index contributed by atoms with van der Waals surface area (Å²) >= 11 is 6.05. The van der Waals surface area contributed by atoms with Gasteiger partial charge in [0.05, 0.1) is 18.2 Å². The molecule has 0 bridgehead atoms. The van der Waals surface area contributed by atoms with Crippen molar-refractivity contribution < 1.29 is 4.74 Å². The van der Waals surface area contributed by atoms with Crippen molar-refractivity contribution in [3.63, 3.8) is 0 Å². The molecule has 0 unspecified atom stereocenters. The Kier molecular flexibility index (Phi) is 4.39. The van der Waals surface area contributed by atoms with Crippen molar-refractivity contribution in [2.75, 3.05) is 14.2 Å². The standard InChI is InChI=1S/C13H17ClN2O/c1-13(2,9-15)16(3)8-10-5-6-12(17-4)11(14)7-10/h5-7H,8H2,1-4H3. The lowest BCUT2D eigenvalue weighted by Crippen LogP contribution is -2.38. The molecule has 0 saturated heterocycles. The molecule has 0 spiro atoms. The van der Waals surface area contributed by atoms with Crippen LogP contribution in [0.3, 0.4) is 0 Å². The van der Waals surface area contributed by atoms with E-state index < -0.39 is 5.54 Å². The van der Waals surface area contributed by atoms with E-state index in [2.05, 4.69) is 6.07 Å². The Morgan fingerprint density at radius 1 is 1.47 bits per heavy atom. The summed E-state index contributed by atoms with van der Waals surface area (Å²) in [6, 6.07) is 7.92. The highest BCUT2D eigenvalue weighted by molar-refractivity contribution is 6.32. The zero-order valence-corrected chi connectivity index (χ0v) is 11.4. The molecular weight excluding hydrogens is 236 g/mol. The maximum absolute atomic E-state index is 9.04. The third-order valence-electron chi connectivity index (χ3n) is 2.86. The van der Waals surface area contributed by atoms with Crippen molar-refractivity contribution in [3.05, 3.63) is 28.8 Å². The molecular formula is C13H17ClN2O. The van der Waals surface area contributed by atoms with Gasteiger partial charge in [-0.1, -0.05) is 17.7 Å². The van der Waals surface area contributed by atoms with E-state index in [1.54, 1.807) is 7.11 Å². The number of hydrogen-bond donors (Lipinski definition) is 0. The van der Waals surface area contributed by atoms with Gasteiger partial charge in [0.2, 0.25) is 0 Å². The molecule has 0 fully saturated rings. The number of nitriles is 1. The van der Waals surface area contributed by atoms with Crippen LogP contribution in [0.4, 0.5) is 0 Å². The van der Waals surface area contributed by atoms with E-state index in [4.69, 9.17) is 21.6 Å². The van der Waals surface area contributed by atoms with Crippen LogP contribution in [0, 0.1) is 11.3 Å². The summed E-state index contributed by atoms with van der Waals surface area (Å²) in [5, 5.41) is 9.63. The SMILES string of the molecule is COc1ccc(CN(C)C(C)(C)C#N)cc1Cl. The van der Waals surface area contributed by atoms with Crippen LogP contribution in [0.2, 0.25) is 5.02 Å². The minimum absolute atomic E-state index is 0.494. The van der Waals surface area contributed by atoms with Crippen molar-refractivity contribution in [1.82, 2.24) is 4.90 Å². The fraction of sp³-hybridized carbons (Fsp3) is 0.462. The number of methoxy groups -OCH3 is 1. The minimum Gasteiger partial charge on any atom is -0.495 e. The molecule has 17 heavy (non-hydrogen) atoms. The van der Waals surface area contributed by atoms with Gasteiger partial charge in [-0.15, -0.1) is 0 Å². The first kappa shape index (κ1) is 13.8. The fourth-order valence-electron chi connectivity index (χ4n) is 1.37. The predicted molar refractivity (Wildman–Crippen MR) is 69.2 cm³/mol. The summed E-state index contributed by atoms with van der Waals surface area (Å²) in [6.07, 6.45) is 0. The third-order valence-corrected chi connectivity index (χ3v) is 3.16. The maximum Gasteiger partial charge on any atom is 0.137 e. The molecule has 1 aromatic carbocycles. The second-order valence-electron chi connectivity index (χ2n) is 4.50. The second-order valence-corrected chi connectivity index (χ2v) is 4.90. The molecule has 1 rings (SSSR count). The molecule has 0 aromatic heterocycles. The molecule has 0 aliphatic rings. The van der Waals surface area contributed by atoms with Gasteiger partial charge in [0.25, 0.3) is 0 Å². The Morgan fingerprint density at radius 2 is 2.12 bits per heavy atom. The average molecular weight is 253 g/mol. The van der Waals surface area contributed by atoms with Crippen molar-refractivity contribution in [2.45, 2.75) is 25.9 Å². The van der Waals surface area contributed by atoms with Gasteiger partial charge in [-0.3, -0.25) is 4.90 Å². The molecule has 0 saturated carbocycles. The zero-order valence-electron chi connectivity index (χ0n) is 10.6. The summed E-state index contributed by atoms with van der Waals surface area (Å²) < 4.78 is 5.10. The number of hydrogen-bond acceptors (Lipinski definition) is 3. The molecule has 0 N–H and O–H groups in total. The highest BCUT2D eigenvalue weighted by Gasteiger charge is 2.22. The topological polar surface area (TPSA) is 36.3 Å². The molecule has 0 aliphatic carbocycles. The first-order chi connectivity index (χ1) is 7.90. The van der Waals surface area contributed by atoms with Gasteiger partial charge in [-0.2, -0.15) is 5.26 Å². The monoisotopic (exact) mass is 252 g/mol. The molecule has 0 heterocycles. The van der Waals surface area contributed by atoms with E-state index in [1.165, 1.54) is 0 Å².